The summed E-state index contributed by atoms with van der Waals surface area (Å²) in [6, 6.07) is 4.26. The van der Waals surface area contributed by atoms with Gasteiger partial charge in [0, 0.05) is 11.8 Å². The second kappa shape index (κ2) is 8.19. The van der Waals surface area contributed by atoms with E-state index >= 15 is 0 Å². The number of nitrogens with zero attached hydrogens (tertiary/aromatic N) is 2. The first kappa shape index (κ1) is 19.0. The highest BCUT2D eigenvalue weighted by molar-refractivity contribution is 5.96. The van der Waals surface area contributed by atoms with Gasteiger partial charge in [-0.3, -0.25) is 29.9 Å². The fraction of sp³-hybridized carbons (Fsp3) is 0.250. The lowest BCUT2D eigenvalue weighted by Crippen LogP contribution is -2.47. The average Bonchev–Trinajstić information content (AvgIpc) is 2.88. The molecule has 138 valence electrons. The standard InChI is InChI=1S/C16H17F2N5O3/c1-9-5-10(2)23(22-9)8-15(25)21-20-14(24)7-19-16(26)12-4-3-11(17)6-13(12)18/h3-6H,7-8H2,1-2H3,(H,19,26)(H,20,24)(H,21,25). The van der Waals surface area contributed by atoms with Crippen molar-refractivity contribution in [3.8, 4) is 0 Å². The van der Waals surface area contributed by atoms with Gasteiger partial charge < -0.3 is 5.32 Å². The van der Waals surface area contributed by atoms with Gasteiger partial charge in [0.15, 0.2) is 0 Å². The molecule has 26 heavy (non-hydrogen) atoms. The van der Waals surface area contributed by atoms with Gasteiger partial charge in [0.2, 0.25) is 0 Å². The van der Waals surface area contributed by atoms with Gasteiger partial charge >= 0.3 is 0 Å². The third kappa shape index (κ3) is 5.10. The monoisotopic (exact) mass is 365 g/mol. The Morgan fingerprint density at radius 3 is 2.38 bits per heavy atom. The van der Waals surface area contributed by atoms with Crippen molar-refractivity contribution in [2.75, 3.05) is 6.54 Å². The normalized spacial score (nSPS) is 10.3. The summed E-state index contributed by atoms with van der Waals surface area (Å²) in [5.74, 6) is -3.97. The molecule has 0 aliphatic heterocycles. The maximum Gasteiger partial charge on any atom is 0.260 e. The summed E-state index contributed by atoms with van der Waals surface area (Å²) < 4.78 is 27.7. The Labute approximate surface area is 147 Å². The van der Waals surface area contributed by atoms with Crippen LogP contribution in [0.25, 0.3) is 0 Å². The molecule has 0 bridgehead atoms. The highest BCUT2D eigenvalue weighted by atomic mass is 19.1. The van der Waals surface area contributed by atoms with E-state index in [-0.39, 0.29) is 6.54 Å². The summed E-state index contributed by atoms with van der Waals surface area (Å²) in [4.78, 5) is 35.1. The van der Waals surface area contributed by atoms with Crippen molar-refractivity contribution in [3.63, 3.8) is 0 Å². The molecule has 2 rings (SSSR count). The molecule has 0 radical (unpaired) electrons. The number of rotatable bonds is 5. The molecule has 0 saturated heterocycles. The summed E-state index contributed by atoms with van der Waals surface area (Å²) in [7, 11) is 0. The summed E-state index contributed by atoms with van der Waals surface area (Å²) in [6.45, 7) is 2.98. The van der Waals surface area contributed by atoms with Gasteiger partial charge in [0.05, 0.1) is 17.8 Å². The minimum Gasteiger partial charge on any atom is -0.343 e. The summed E-state index contributed by atoms with van der Waals surface area (Å²) >= 11 is 0. The lowest BCUT2D eigenvalue weighted by Gasteiger charge is -2.09. The van der Waals surface area contributed by atoms with Crippen molar-refractivity contribution >= 4 is 17.7 Å². The summed E-state index contributed by atoms with van der Waals surface area (Å²) in [5, 5.41) is 6.27. The van der Waals surface area contributed by atoms with E-state index in [1.807, 2.05) is 0 Å². The van der Waals surface area contributed by atoms with Crippen molar-refractivity contribution in [2.45, 2.75) is 20.4 Å². The van der Waals surface area contributed by atoms with Crippen LogP contribution in [-0.4, -0.2) is 34.0 Å². The van der Waals surface area contributed by atoms with Crippen LogP contribution in [0.4, 0.5) is 8.78 Å². The number of benzene rings is 1. The van der Waals surface area contributed by atoms with E-state index in [0.717, 1.165) is 23.5 Å². The molecule has 0 spiro atoms. The number of carbonyl (C=O) groups excluding carboxylic acids is 3. The van der Waals surface area contributed by atoms with Gasteiger partial charge in [-0.05, 0) is 32.0 Å². The number of hydrazine groups is 1. The maximum atomic E-state index is 13.5. The molecule has 0 fully saturated rings. The molecule has 10 heteroatoms. The summed E-state index contributed by atoms with van der Waals surface area (Å²) in [5.41, 5.74) is 5.44. The van der Waals surface area contributed by atoms with Crippen LogP contribution in [0.15, 0.2) is 24.3 Å². The molecule has 2 aromatic rings. The van der Waals surface area contributed by atoms with E-state index in [0.29, 0.717) is 6.07 Å². The van der Waals surface area contributed by atoms with Gasteiger partial charge in [0.25, 0.3) is 17.7 Å². The molecule has 0 unspecified atom stereocenters. The topological polar surface area (TPSA) is 105 Å². The lowest BCUT2D eigenvalue weighted by molar-refractivity contribution is -0.128. The minimum absolute atomic E-state index is 0.0902. The summed E-state index contributed by atoms with van der Waals surface area (Å²) in [6.07, 6.45) is 0. The van der Waals surface area contributed by atoms with E-state index in [1.54, 1.807) is 19.9 Å². The van der Waals surface area contributed by atoms with Crippen molar-refractivity contribution < 1.29 is 23.2 Å². The van der Waals surface area contributed by atoms with E-state index in [9.17, 15) is 23.2 Å². The Morgan fingerprint density at radius 1 is 1.08 bits per heavy atom. The molecule has 0 atom stereocenters. The van der Waals surface area contributed by atoms with Gasteiger partial charge in [-0.15, -0.1) is 0 Å². The van der Waals surface area contributed by atoms with E-state index in [1.165, 1.54) is 4.68 Å². The van der Waals surface area contributed by atoms with Crippen LogP contribution in [0.5, 0.6) is 0 Å². The molecule has 1 heterocycles. The van der Waals surface area contributed by atoms with Crippen molar-refractivity contribution in [2.24, 2.45) is 0 Å². The Hall–Kier alpha value is -3.30. The van der Waals surface area contributed by atoms with Crippen LogP contribution in [0, 0.1) is 25.5 Å². The van der Waals surface area contributed by atoms with Gasteiger partial charge in [0.1, 0.15) is 18.2 Å². The zero-order chi connectivity index (χ0) is 19.3. The quantitative estimate of drug-likeness (QED) is 0.665. The highest BCUT2D eigenvalue weighted by Crippen LogP contribution is 2.09. The zero-order valence-corrected chi connectivity index (χ0v) is 14.1. The molecular formula is C16H17F2N5O3. The van der Waals surface area contributed by atoms with Crippen molar-refractivity contribution in [3.05, 3.63) is 52.9 Å². The largest absolute Gasteiger partial charge is 0.343 e. The van der Waals surface area contributed by atoms with Crippen LogP contribution < -0.4 is 16.2 Å². The molecule has 1 aromatic carbocycles. The first-order valence-electron chi connectivity index (χ1n) is 7.58. The van der Waals surface area contributed by atoms with Crippen molar-refractivity contribution in [1.29, 1.82) is 0 Å². The van der Waals surface area contributed by atoms with E-state index < -0.39 is 41.5 Å². The number of hydrogen-bond donors (Lipinski definition) is 3. The average molecular weight is 365 g/mol. The number of nitrogens with one attached hydrogen (secondary N) is 3. The molecule has 0 aliphatic carbocycles. The molecule has 0 aliphatic rings. The fourth-order valence-electron chi connectivity index (χ4n) is 2.12. The van der Waals surface area contributed by atoms with Gasteiger partial charge in [-0.1, -0.05) is 0 Å². The number of halogens is 2. The highest BCUT2D eigenvalue weighted by Gasteiger charge is 2.14. The zero-order valence-electron chi connectivity index (χ0n) is 14.1. The fourth-order valence-corrected chi connectivity index (χ4v) is 2.12. The lowest BCUT2D eigenvalue weighted by atomic mass is 10.2. The van der Waals surface area contributed by atoms with Gasteiger partial charge in [-0.2, -0.15) is 5.10 Å². The predicted molar refractivity (Wildman–Crippen MR) is 86.7 cm³/mol. The number of aryl methyl sites for hydroxylation is 2. The third-order valence-electron chi connectivity index (χ3n) is 3.32. The Kier molecular flexibility index (Phi) is 5.99. The van der Waals surface area contributed by atoms with Crippen LogP contribution in [0.1, 0.15) is 21.7 Å². The molecule has 8 nitrogen and oxygen atoms in total. The minimum atomic E-state index is -1.04. The second-order valence-corrected chi connectivity index (χ2v) is 5.49. The Morgan fingerprint density at radius 2 is 1.77 bits per heavy atom. The number of carbonyl (C=O) groups is 3. The molecule has 3 N–H and O–H groups in total. The van der Waals surface area contributed by atoms with Crippen LogP contribution >= 0.6 is 0 Å². The predicted octanol–water partition coefficient (Wildman–Crippen LogP) is 0.356. The number of aromatic nitrogens is 2. The maximum absolute atomic E-state index is 13.5. The Balaban J connectivity index is 1.77. The van der Waals surface area contributed by atoms with Gasteiger partial charge in [-0.25, -0.2) is 8.78 Å². The molecule has 0 saturated carbocycles. The molecule has 1 aromatic heterocycles. The first-order valence-corrected chi connectivity index (χ1v) is 7.58. The number of amides is 3. The smallest absolute Gasteiger partial charge is 0.260 e. The van der Waals surface area contributed by atoms with E-state index in [2.05, 4.69) is 21.3 Å². The van der Waals surface area contributed by atoms with E-state index in [4.69, 9.17) is 0 Å². The second-order valence-electron chi connectivity index (χ2n) is 5.49. The Bertz CT molecular complexity index is 850. The van der Waals surface area contributed by atoms with Crippen LogP contribution in [0.2, 0.25) is 0 Å². The van der Waals surface area contributed by atoms with Crippen LogP contribution in [-0.2, 0) is 16.1 Å². The molecule has 3 amide bonds. The number of hydrogen-bond acceptors (Lipinski definition) is 4. The first-order chi connectivity index (χ1) is 12.3. The van der Waals surface area contributed by atoms with Crippen LogP contribution in [0.3, 0.4) is 0 Å². The molecular weight excluding hydrogens is 348 g/mol. The third-order valence-corrected chi connectivity index (χ3v) is 3.32. The van der Waals surface area contributed by atoms with Crippen molar-refractivity contribution in [1.82, 2.24) is 25.9 Å². The SMILES string of the molecule is Cc1cc(C)n(CC(=O)NNC(=O)CNC(=O)c2ccc(F)cc2F)n1.